The van der Waals surface area contributed by atoms with Crippen LogP contribution in [0.4, 0.5) is 0 Å². The number of ether oxygens (including phenoxy) is 3. The van der Waals surface area contributed by atoms with Gasteiger partial charge in [0.2, 0.25) is 29.5 Å². The third kappa shape index (κ3) is 16.9. The number of aliphatic hydroxyl groups is 1. The number of allylic oxidation sites excluding steroid dienone is 1. The van der Waals surface area contributed by atoms with Gasteiger partial charge in [-0.25, -0.2) is 14.4 Å². The van der Waals surface area contributed by atoms with E-state index in [4.69, 9.17) is 14.2 Å². The van der Waals surface area contributed by atoms with Gasteiger partial charge in [0.1, 0.15) is 35.6 Å². The Kier molecular flexibility index (Phi) is 23.7. The molecule has 0 spiro atoms. The van der Waals surface area contributed by atoms with Crippen LogP contribution in [0.25, 0.3) is 0 Å². The molecule has 0 saturated heterocycles. The number of nitrogens with zero attached hydrogens (tertiary/aromatic N) is 3. The van der Waals surface area contributed by atoms with E-state index in [-0.39, 0.29) is 12.1 Å². The van der Waals surface area contributed by atoms with E-state index in [1.54, 1.807) is 44.2 Å². The monoisotopic (exact) mass is 959 g/mol. The minimum atomic E-state index is -1.82. The van der Waals surface area contributed by atoms with Gasteiger partial charge in [0.05, 0.1) is 12.2 Å². The maximum Gasteiger partial charge on any atom is 0.355 e. The van der Waals surface area contributed by atoms with Crippen molar-refractivity contribution in [3.63, 3.8) is 0 Å². The topological polar surface area (TPSA) is 297 Å². The minimum Gasteiger partial charge on any atom is -0.480 e. The Balaban J connectivity index is 3.47. The zero-order valence-electron chi connectivity index (χ0n) is 41.3. The molecule has 6 N–H and O–H groups in total. The summed E-state index contributed by atoms with van der Waals surface area (Å²) in [6.45, 7) is 17.7. The van der Waals surface area contributed by atoms with Crippen molar-refractivity contribution >= 4 is 59.3 Å². The third-order valence-electron chi connectivity index (χ3n) is 10.9. The average molecular weight is 960 g/mol. The summed E-state index contributed by atoms with van der Waals surface area (Å²) in [7, 11) is 4.79. The number of likely N-dealkylation sites (N-methyl/N-ethyl adjacent to an activating group) is 3. The van der Waals surface area contributed by atoms with Crippen molar-refractivity contribution in [1.82, 2.24) is 36.0 Å². The molecule has 0 radical (unpaired) electrons. The zero-order chi connectivity index (χ0) is 52.5. The van der Waals surface area contributed by atoms with E-state index in [0.29, 0.717) is 5.56 Å². The van der Waals surface area contributed by atoms with Crippen LogP contribution >= 0.6 is 0 Å². The molecule has 0 unspecified atom stereocenters. The number of hydrogen-bond acceptors (Lipinski definition) is 14. The fourth-order valence-corrected chi connectivity index (χ4v) is 6.56. The first-order valence-electron chi connectivity index (χ1n) is 21.7. The molecule has 0 fully saturated rings. The lowest BCUT2D eigenvalue weighted by Gasteiger charge is -2.37. The molecule has 22 heteroatoms. The molecule has 1 aromatic rings. The SMILES string of the molecule is C=C(C(=O)N[C@@H](C)C(=O)N(C)[C@@H](C)C(=O)N[C@H](C(=O)N(C)[C@H](C(=O)O)[C@@H](C)OC)[C@H](OC(=O)[C@@H](NC(C)=O)[C@H](O)C(C)C)C(C)C)N(C)C(=O)[C@@H](Cc1ccccc1)OC(=O)/C(=C/C)NC(C)=O. The molecule has 22 nitrogen and oxygen atoms in total. The normalized spacial score (nSPS) is 15.3. The molecule has 68 heavy (non-hydrogen) atoms. The number of methoxy groups -OCH3 is 1. The summed E-state index contributed by atoms with van der Waals surface area (Å²) in [6.07, 6.45) is -4.42. The van der Waals surface area contributed by atoms with Crippen molar-refractivity contribution in [3.8, 4) is 0 Å². The molecule has 9 atom stereocenters. The highest BCUT2D eigenvalue weighted by atomic mass is 16.6. The average Bonchev–Trinajstić information content (AvgIpc) is 3.28. The van der Waals surface area contributed by atoms with Crippen molar-refractivity contribution in [2.24, 2.45) is 11.8 Å². The number of nitrogens with one attached hydrogen (secondary N) is 4. The lowest BCUT2D eigenvalue weighted by atomic mass is 9.95. The van der Waals surface area contributed by atoms with Crippen LogP contribution in [-0.2, 0) is 68.6 Å². The molecule has 0 aliphatic carbocycles. The number of carbonyl (C=O) groups excluding carboxylic acids is 9. The summed E-state index contributed by atoms with van der Waals surface area (Å²) in [5, 5.41) is 30.5. The summed E-state index contributed by atoms with van der Waals surface area (Å²) in [5.74, 6) is -11.0. The number of aliphatic carboxylic acids is 1. The number of esters is 2. The highest BCUT2D eigenvalue weighted by Crippen LogP contribution is 2.20. The lowest BCUT2D eigenvalue weighted by molar-refractivity contribution is -0.167. The van der Waals surface area contributed by atoms with E-state index in [2.05, 4.69) is 27.8 Å². The van der Waals surface area contributed by atoms with E-state index >= 15 is 0 Å². The molecular formula is C46H69N7O15. The Labute approximate surface area is 397 Å². The van der Waals surface area contributed by atoms with Crippen LogP contribution in [0.2, 0.25) is 0 Å². The second-order valence-electron chi connectivity index (χ2n) is 16.8. The summed E-state index contributed by atoms with van der Waals surface area (Å²) in [6, 6.07) is 0.675. The highest BCUT2D eigenvalue weighted by Gasteiger charge is 2.44. The Morgan fingerprint density at radius 3 is 1.79 bits per heavy atom. The van der Waals surface area contributed by atoms with E-state index in [0.717, 1.165) is 28.7 Å². The fourth-order valence-electron chi connectivity index (χ4n) is 6.56. The van der Waals surface area contributed by atoms with Crippen LogP contribution < -0.4 is 21.3 Å². The third-order valence-corrected chi connectivity index (χ3v) is 10.9. The molecule has 0 aliphatic heterocycles. The molecule has 0 bridgehead atoms. The molecule has 0 heterocycles. The van der Waals surface area contributed by atoms with Crippen LogP contribution in [-0.4, -0.2) is 167 Å². The van der Waals surface area contributed by atoms with Crippen LogP contribution in [0.5, 0.6) is 0 Å². The Morgan fingerprint density at radius 1 is 0.750 bits per heavy atom. The van der Waals surface area contributed by atoms with Crippen molar-refractivity contribution < 1.29 is 72.4 Å². The zero-order valence-corrected chi connectivity index (χ0v) is 41.3. The Hall–Kier alpha value is -6.68. The van der Waals surface area contributed by atoms with Crippen LogP contribution in [0, 0.1) is 11.8 Å². The quantitative estimate of drug-likeness (QED) is 0.0557. The van der Waals surface area contributed by atoms with Crippen LogP contribution in [0.1, 0.15) is 74.8 Å². The Bertz CT molecular complexity index is 2040. The molecule has 0 saturated carbocycles. The second-order valence-corrected chi connectivity index (χ2v) is 16.8. The van der Waals surface area contributed by atoms with Crippen molar-refractivity contribution in [1.29, 1.82) is 0 Å². The minimum absolute atomic E-state index is 0.129. The maximum atomic E-state index is 14.3. The molecule has 378 valence electrons. The number of carbonyl (C=O) groups is 10. The highest BCUT2D eigenvalue weighted by molar-refractivity contribution is 6.01. The van der Waals surface area contributed by atoms with E-state index in [1.165, 1.54) is 75.7 Å². The van der Waals surface area contributed by atoms with E-state index in [9.17, 15) is 58.2 Å². The maximum absolute atomic E-state index is 14.3. The van der Waals surface area contributed by atoms with E-state index < -0.39 is 131 Å². The second kappa shape index (κ2) is 27.2. The molecule has 7 amide bonds. The predicted octanol–water partition coefficient (Wildman–Crippen LogP) is 0.0252. The van der Waals surface area contributed by atoms with Gasteiger partial charge >= 0.3 is 17.9 Å². The standard InChI is InChI=1S/C46H69N7O15/c1-16-32(48-29(10)54)45(64)67-33(22-31-20-18-17-19-21-31)42(60)52(13)26(7)39(57)47-25(6)41(59)51(12)27(8)40(58)50-35(43(61)53(14)36(44(62)63)28(9)66-15)38(24(4)5)68-46(65)34(49-30(11)55)37(56)23(2)3/h16-21,23-25,27-28,33-38,56H,7,22H2,1-6,8-15H3,(H,47,57)(H,48,54)(H,49,55)(H,50,58)(H,62,63)/b32-16-/t25-,27-,28+,33+,34-,35-,36-,37+,38+/m0/s1. The number of carboxylic acids is 1. The van der Waals surface area contributed by atoms with Crippen LogP contribution in [0.3, 0.4) is 0 Å². The van der Waals surface area contributed by atoms with Crippen molar-refractivity contribution in [2.75, 3.05) is 28.3 Å². The van der Waals surface area contributed by atoms with Gasteiger partial charge in [-0.05, 0) is 45.1 Å². The summed E-state index contributed by atoms with van der Waals surface area (Å²) >= 11 is 0. The van der Waals surface area contributed by atoms with Crippen molar-refractivity contribution in [2.45, 2.75) is 130 Å². The largest absolute Gasteiger partial charge is 0.480 e. The first-order valence-corrected chi connectivity index (χ1v) is 21.7. The molecule has 1 rings (SSSR count). The Morgan fingerprint density at radius 2 is 1.32 bits per heavy atom. The first-order chi connectivity index (χ1) is 31.5. The summed E-state index contributed by atoms with van der Waals surface area (Å²) in [4.78, 5) is 135. The van der Waals surface area contributed by atoms with Crippen molar-refractivity contribution in [3.05, 3.63) is 59.9 Å². The number of benzene rings is 1. The van der Waals surface area contributed by atoms with Gasteiger partial charge in [-0.15, -0.1) is 0 Å². The van der Waals surface area contributed by atoms with Crippen LogP contribution in [0.15, 0.2) is 54.4 Å². The number of rotatable bonds is 25. The predicted molar refractivity (Wildman–Crippen MR) is 245 cm³/mol. The molecular weight excluding hydrogens is 891 g/mol. The van der Waals surface area contributed by atoms with Gasteiger partial charge in [0, 0.05) is 48.5 Å². The summed E-state index contributed by atoms with van der Waals surface area (Å²) in [5.41, 5.74) is -0.0956. The number of aliphatic hydroxyl groups excluding tert-OH is 1. The van der Waals surface area contributed by atoms with Gasteiger partial charge in [-0.3, -0.25) is 33.6 Å². The molecule has 0 aromatic heterocycles. The van der Waals surface area contributed by atoms with E-state index in [1.807, 2.05) is 0 Å². The van der Waals surface area contributed by atoms with Gasteiger partial charge < -0.3 is 60.4 Å². The number of carboxylic acid groups (broad SMARTS) is 1. The smallest absolute Gasteiger partial charge is 0.355 e. The van der Waals surface area contributed by atoms with Gasteiger partial charge in [0.25, 0.3) is 11.8 Å². The summed E-state index contributed by atoms with van der Waals surface area (Å²) < 4.78 is 16.5. The fraction of sp³-hybridized carbons (Fsp3) is 0.565. The van der Waals surface area contributed by atoms with Gasteiger partial charge in [-0.1, -0.05) is 70.7 Å². The molecule has 1 aromatic carbocycles. The lowest BCUT2D eigenvalue weighted by Crippen LogP contribution is -2.63. The van der Waals surface area contributed by atoms with Gasteiger partial charge in [0.15, 0.2) is 18.2 Å². The number of amides is 7. The first kappa shape index (κ1) is 59.3. The number of hydrogen-bond donors (Lipinski definition) is 6. The molecule has 0 aliphatic rings. The van der Waals surface area contributed by atoms with Gasteiger partial charge in [-0.2, -0.15) is 0 Å².